The van der Waals surface area contributed by atoms with Gasteiger partial charge in [0.15, 0.2) is 0 Å². The van der Waals surface area contributed by atoms with Gasteiger partial charge in [-0.2, -0.15) is 11.8 Å². The lowest BCUT2D eigenvalue weighted by Crippen LogP contribution is -2.48. The summed E-state index contributed by atoms with van der Waals surface area (Å²) in [4.78, 5) is 29.7. The zero-order valence-corrected chi connectivity index (χ0v) is 21.4. The molecule has 1 fully saturated rings. The summed E-state index contributed by atoms with van der Waals surface area (Å²) < 4.78 is 20.0. The zero-order chi connectivity index (χ0) is 25.2. The number of hydrogen-bond acceptors (Lipinski definition) is 4. The molecule has 5 nitrogen and oxygen atoms in total. The van der Waals surface area contributed by atoms with Crippen molar-refractivity contribution in [2.24, 2.45) is 5.92 Å². The largest absolute Gasteiger partial charge is 0.490 e. The first kappa shape index (κ1) is 26.8. The van der Waals surface area contributed by atoms with Crippen LogP contribution in [-0.2, 0) is 11.2 Å². The van der Waals surface area contributed by atoms with Gasteiger partial charge in [-0.05, 0) is 61.3 Å². The number of carbonyl (C=O) groups is 2. The monoisotopic (exact) mass is 498 g/mol. The molecule has 0 saturated carbocycles. The molecule has 3 rings (SSSR count). The van der Waals surface area contributed by atoms with E-state index in [9.17, 15) is 14.0 Å². The van der Waals surface area contributed by atoms with Crippen LogP contribution in [0.5, 0.6) is 5.75 Å². The highest BCUT2D eigenvalue weighted by Gasteiger charge is 2.33. The fourth-order valence-electron chi connectivity index (χ4n) is 4.60. The van der Waals surface area contributed by atoms with Gasteiger partial charge in [0, 0.05) is 43.9 Å². The number of amides is 2. The SMILES string of the molecule is C=CCOc1cccc(C(=O)N2CCC([C@@H](Cc3ccccc3F)N(C)C(=O)CCSC)CC2)c1. The molecule has 0 unspecified atom stereocenters. The molecule has 0 spiro atoms. The molecule has 1 heterocycles. The average Bonchev–Trinajstić information content (AvgIpc) is 2.89. The van der Waals surface area contributed by atoms with E-state index in [1.54, 1.807) is 42.1 Å². The van der Waals surface area contributed by atoms with E-state index in [0.717, 1.165) is 18.6 Å². The second kappa shape index (κ2) is 13.3. The summed E-state index contributed by atoms with van der Waals surface area (Å²) in [5, 5.41) is 0. The number of carbonyl (C=O) groups excluding carboxylic acids is 2. The minimum Gasteiger partial charge on any atom is -0.490 e. The van der Waals surface area contributed by atoms with Crippen molar-refractivity contribution in [1.82, 2.24) is 9.80 Å². The summed E-state index contributed by atoms with van der Waals surface area (Å²) in [5.74, 6) is 1.40. The third kappa shape index (κ3) is 7.34. The number of ether oxygens (including phenoxy) is 1. The Morgan fingerprint density at radius 3 is 2.66 bits per heavy atom. The lowest BCUT2D eigenvalue weighted by molar-refractivity contribution is -0.133. The van der Waals surface area contributed by atoms with E-state index in [-0.39, 0.29) is 29.6 Å². The molecule has 0 N–H and O–H groups in total. The van der Waals surface area contributed by atoms with Crippen molar-refractivity contribution < 1.29 is 18.7 Å². The standard InChI is InChI=1S/C28H35FN2O3S/c1-4-17-34-24-10-7-9-23(19-24)28(33)31-15-12-21(13-16-31)26(30(2)27(32)14-18-35-3)20-22-8-5-6-11-25(22)29/h4-11,19,21,26H,1,12-18,20H2,2-3H3/t26-/m1/s1. The highest BCUT2D eigenvalue weighted by atomic mass is 32.2. The van der Waals surface area contributed by atoms with Crippen LogP contribution in [0.2, 0.25) is 0 Å². The van der Waals surface area contributed by atoms with Crippen LogP contribution < -0.4 is 4.74 Å². The number of likely N-dealkylation sites (N-methyl/N-ethyl adjacent to an activating group) is 1. The Morgan fingerprint density at radius 1 is 1.23 bits per heavy atom. The van der Waals surface area contributed by atoms with Gasteiger partial charge in [-0.25, -0.2) is 4.39 Å². The molecule has 7 heteroatoms. The maximum Gasteiger partial charge on any atom is 0.253 e. The van der Waals surface area contributed by atoms with Crippen molar-refractivity contribution in [3.63, 3.8) is 0 Å². The van der Waals surface area contributed by atoms with Gasteiger partial charge >= 0.3 is 0 Å². The molecule has 0 radical (unpaired) electrons. The Morgan fingerprint density at radius 2 is 1.97 bits per heavy atom. The Bertz CT molecular complexity index is 1010. The van der Waals surface area contributed by atoms with E-state index >= 15 is 0 Å². The van der Waals surface area contributed by atoms with Crippen molar-refractivity contribution in [1.29, 1.82) is 0 Å². The topological polar surface area (TPSA) is 49.9 Å². The molecular weight excluding hydrogens is 463 g/mol. The van der Waals surface area contributed by atoms with Gasteiger partial charge in [-0.15, -0.1) is 0 Å². The maximum absolute atomic E-state index is 14.5. The van der Waals surface area contributed by atoms with Crippen LogP contribution in [0.15, 0.2) is 61.2 Å². The van der Waals surface area contributed by atoms with E-state index < -0.39 is 0 Å². The summed E-state index contributed by atoms with van der Waals surface area (Å²) in [5.41, 5.74) is 1.22. The highest BCUT2D eigenvalue weighted by Crippen LogP contribution is 2.28. The summed E-state index contributed by atoms with van der Waals surface area (Å²) in [6, 6.07) is 13.9. The third-order valence-corrected chi connectivity index (χ3v) is 7.23. The summed E-state index contributed by atoms with van der Waals surface area (Å²) in [6.45, 7) is 5.23. The van der Waals surface area contributed by atoms with Crippen molar-refractivity contribution in [2.45, 2.75) is 31.7 Å². The zero-order valence-electron chi connectivity index (χ0n) is 20.6. The van der Waals surface area contributed by atoms with Gasteiger partial charge in [0.2, 0.25) is 5.91 Å². The fourth-order valence-corrected chi connectivity index (χ4v) is 4.98. The highest BCUT2D eigenvalue weighted by molar-refractivity contribution is 7.98. The van der Waals surface area contributed by atoms with Gasteiger partial charge in [0.25, 0.3) is 5.91 Å². The van der Waals surface area contributed by atoms with Crippen molar-refractivity contribution in [3.8, 4) is 5.75 Å². The maximum atomic E-state index is 14.5. The molecule has 2 aromatic rings. The van der Waals surface area contributed by atoms with Gasteiger partial charge in [-0.1, -0.05) is 36.9 Å². The summed E-state index contributed by atoms with van der Waals surface area (Å²) in [6.07, 6.45) is 6.11. The number of thioether (sulfide) groups is 1. The molecule has 1 atom stereocenters. The van der Waals surface area contributed by atoms with Gasteiger partial charge in [0.05, 0.1) is 0 Å². The molecule has 0 aliphatic carbocycles. The second-order valence-electron chi connectivity index (χ2n) is 8.87. The number of piperidine rings is 1. The summed E-state index contributed by atoms with van der Waals surface area (Å²) >= 11 is 1.64. The molecule has 1 saturated heterocycles. The third-order valence-electron chi connectivity index (χ3n) is 6.62. The number of likely N-dealkylation sites (tertiary alicyclic amines) is 1. The van der Waals surface area contributed by atoms with Crippen LogP contribution in [-0.4, -0.2) is 66.4 Å². The van der Waals surface area contributed by atoms with E-state index in [1.807, 2.05) is 41.3 Å². The van der Waals surface area contributed by atoms with Crippen LogP contribution in [0.4, 0.5) is 4.39 Å². The van der Waals surface area contributed by atoms with E-state index in [2.05, 4.69) is 6.58 Å². The predicted octanol–water partition coefficient (Wildman–Crippen LogP) is 5.07. The minimum atomic E-state index is -0.242. The lowest BCUT2D eigenvalue weighted by atomic mass is 9.84. The first-order valence-corrected chi connectivity index (χ1v) is 13.4. The predicted molar refractivity (Wildman–Crippen MR) is 140 cm³/mol. The number of nitrogens with zero attached hydrogens (tertiary/aromatic N) is 2. The molecule has 0 bridgehead atoms. The van der Waals surface area contributed by atoms with Crippen molar-refractivity contribution in [3.05, 3.63) is 78.1 Å². The number of benzene rings is 2. The molecule has 1 aliphatic heterocycles. The molecule has 188 valence electrons. The van der Waals surface area contributed by atoms with Gasteiger partial charge in [-0.3, -0.25) is 9.59 Å². The average molecular weight is 499 g/mol. The Kier molecular flexibility index (Phi) is 10.2. The Labute approximate surface area is 212 Å². The molecule has 35 heavy (non-hydrogen) atoms. The van der Waals surface area contributed by atoms with Crippen LogP contribution in [0.1, 0.15) is 35.2 Å². The van der Waals surface area contributed by atoms with E-state index in [1.165, 1.54) is 6.07 Å². The van der Waals surface area contributed by atoms with Crippen LogP contribution >= 0.6 is 11.8 Å². The molecule has 2 amide bonds. The van der Waals surface area contributed by atoms with Gasteiger partial charge < -0.3 is 14.5 Å². The van der Waals surface area contributed by atoms with E-state index in [0.29, 0.717) is 49.4 Å². The van der Waals surface area contributed by atoms with Crippen molar-refractivity contribution in [2.75, 3.05) is 38.8 Å². The van der Waals surface area contributed by atoms with Crippen molar-refractivity contribution >= 4 is 23.6 Å². The summed E-state index contributed by atoms with van der Waals surface area (Å²) in [7, 11) is 1.83. The Balaban J connectivity index is 1.69. The quantitative estimate of drug-likeness (QED) is 0.406. The van der Waals surface area contributed by atoms with Gasteiger partial charge in [0.1, 0.15) is 18.2 Å². The normalized spacial score (nSPS) is 14.9. The number of halogens is 1. The second-order valence-corrected chi connectivity index (χ2v) is 9.85. The fraction of sp³-hybridized carbons (Fsp3) is 0.429. The molecular formula is C28H35FN2O3S. The van der Waals surface area contributed by atoms with Crippen LogP contribution in [0, 0.1) is 11.7 Å². The van der Waals surface area contributed by atoms with Crippen LogP contribution in [0.25, 0.3) is 0 Å². The number of hydrogen-bond donors (Lipinski definition) is 0. The first-order valence-electron chi connectivity index (χ1n) is 12.1. The molecule has 1 aliphatic rings. The molecule has 2 aromatic carbocycles. The number of rotatable bonds is 11. The first-order chi connectivity index (χ1) is 16.9. The van der Waals surface area contributed by atoms with E-state index in [4.69, 9.17) is 4.74 Å². The van der Waals surface area contributed by atoms with Crippen LogP contribution in [0.3, 0.4) is 0 Å². The minimum absolute atomic E-state index is 0.0254. The Hall–Kier alpha value is -2.80. The lowest BCUT2D eigenvalue weighted by Gasteiger charge is -2.40. The smallest absolute Gasteiger partial charge is 0.253 e. The molecule has 0 aromatic heterocycles.